The zero-order valence-electron chi connectivity index (χ0n) is 13.9. The average Bonchev–Trinajstić information content (AvgIpc) is 2.49. The van der Waals surface area contributed by atoms with Crippen molar-refractivity contribution in [3.63, 3.8) is 0 Å². The molecule has 3 nitrogen and oxygen atoms in total. The average molecular weight is 297 g/mol. The predicted molar refractivity (Wildman–Crippen MR) is 89.5 cm³/mol. The molecule has 1 atom stereocenters. The fourth-order valence-corrected chi connectivity index (χ4v) is 2.60. The second-order valence-electron chi connectivity index (χ2n) is 5.74. The van der Waals surface area contributed by atoms with Crippen molar-refractivity contribution in [2.75, 3.05) is 7.11 Å². The molecule has 22 heavy (non-hydrogen) atoms. The molecule has 0 fully saturated rings. The van der Waals surface area contributed by atoms with Crippen LogP contribution < -0.4 is 10.1 Å². The van der Waals surface area contributed by atoms with E-state index in [-0.39, 0.29) is 11.9 Å². The van der Waals surface area contributed by atoms with Crippen molar-refractivity contribution in [3.05, 3.63) is 64.2 Å². The third-order valence-corrected chi connectivity index (χ3v) is 3.91. The molecule has 2 aromatic rings. The Morgan fingerprint density at radius 1 is 1.05 bits per heavy atom. The predicted octanol–water partition coefficient (Wildman–Crippen LogP) is 4.11. The molecule has 0 aliphatic rings. The lowest BCUT2D eigenvalue weighted by molar-refractivity contribution is 0.0939. The SMILES string of the molecule is COc1ccc(C(=O)N[C@H](C)c2cc(C)ccc2C)cc1C. The zero-order chi connectivity index (χ0) is 16.3. The number of benzene rings is 2. The summed E-state index contributed by atoms with van der Waals surface area (Å²) >= 11 is 0. The monoisotopic (exact) mass is 297 g/mol. The lowest BCUT2D eigenvalue weighted by Crippen LogP contribution is -2.27. The summed E-state index contributed by atoms with van der Waals surface area (Å²) in [5, 5.41) is 3.07. The van der Waals surface area contributed by atoms with Crippen molar-refractivity contribution < 1.29 is 9.53 Å². The molecule has 0 aromatic heterocycles. The first-order valence-electron chi connectivity index (χ1n) is 7.45. The summed E-state index contributed by atoms with van der Waals surface area (Å²) in [6, 6.07) is 11.7. The number of carbonyl (C=O) groups is 1. The highest BCUT2D eigenvalue weighted by molar-refractivity contribution is 5.94. The third kappa shape index (κ3) is 3.48. The van der Waals surface area contributed by atoms with Gasteiger partial charge in [0.1, 0.15) is 5.75 Å². The molecular weight excluding hydrogens is 274 g/mol. The maximum absolute atomic E-state index is 12.4. The molecule has 0 radical (unpaired) electrons. The minimum Gasteiger partial charge on any atom is -0.496 e. The Balaban J connectivity index is 2.17. The van der Waals surface area contributed by atoms with Gasteiger partial charge in [-0.2, -0.15) is 0 Å². The van der Waals surface area contributed by atoms with Crippen molar-refractivity contribution in [2.24, 2.45) is 0 Å². The molecule has 3 heteroatoms. The number of rotatable bonds is 4. The summed E-state index contributed by atoms with van der Waals surface area (Å²) in [6.07, 6.45) is 0. The fraction of sp³-hybridized carbons (Fsp3) is 0.316. The van der Waals surface area contributed by atoms with Crippen molar-refractivity contribution >= 4 is 5.91 Å². The van der Waals surface area contributed by atoms with Gasteiger partial charge in [-0.25, -0.2) is 0 Å². The van der Waals surface area contributed by atoms with Crippen LogP contribution in [0.1, 0.15) is 45.6 Å². The quantitative estimate of drug-likeness (QED) is 0.922. The molecule has 2 rings (SSSR count). The smallest absolute Gasteiger partial charge is 0.251 e. The van der Waals surface area contributed by atoms with E-state index < -0.39 is 0 Å². The van der Waals surface area contributed by atoms with Gasteiger partial charge in [0.2, 0.25) is 0 Å². The highest BCUT2D eigenvalue weighted by Gasteiger charge is 2.14. The van der Waals surface area contributed by atoms with Gasteiger partial charge in [-0.3, -0.25) is 4.79 Å². The molecule has 0 unspecified atom stereocenters. The summed E-state index contributed by atoms with van der Waals surface area (Å²) < 4.78 is 5.23. The second kappa shape index (κ2) is 6.65. The van der Waals surface area contributed by atoms with Gasteiger partial charge >= 0.3 is 0 Å². The van der Waals surface area contributed by atoms with E-state index >= 15 is 0 Å². The number of hydrogen-bond donors (Lipinski definition) is 1. The van der Waals surface area contributed by atoms with Crippen LogP contribution in [-0.2, 0) is 0 Å². The molecule has 0 aliphatic heterocycles. The Morgan fingerprint density at radius 3 is 2.41 bits per heavy atom. The van der Waals surface area contributed by atoms with Gasteiger partial charge < -0.3 is 10.1 Å². The molecule has 0 saturated heterocycles. The van der Waals surface area contributed by atoms with Crippen molar-refractivity contribution in [2.45, 2.75) is 33.7 Å². The molecule has 2 aromatic carbocycles. The van der Waals surface area contributed by atoms with Crippen molar-refractivity contribution in [3.8, 4) is 5.75 Å². The molecule has 0 spiro atoms. The molecule has 1 N–H and O–H groups in total. The Labute approximate surface area is 132 Å². The first-order chi connectivity index (χ1) is 10.4. The van der Waals surface area contributed by atoms with Crippen LogP contribution >= 0.6 is 0 Å². The lowest BCUT2D eigenvalue weighted by Gasteiger charge is -2.18. The molecule has 0 heterocycles. The van der Waals surface area contributed by atoms with E-state index in [1.807, 2.05) is 26.0 Å². The largest absolute Gasteiger partial charge is 0.496 e. The van der Waals surface area contributed by atoms with E-state index in [1.165, 1.54) is 11.1 Å². The summed E-state index contributed by atoms with van der Waals surface area (Å²) in [4.78, 5) is 12.4. The Kier molecular flexibility index (Phi) is 4.86. The van der Waals surface area contributed by atoms with Crippen LogP contribution in [0.5, 0.6) is 5.75 Å². The topological polar surface area (TPSA) is 38.3 Å². The van der Waals surface area contributed by atoms with E-state index in [0.29, 0.717) is 5.56 Å². The fourth-order valence-electron chi connectivity index (χ4n) is 2.60. The van der Waals surface area contributed by atoms with E-state index in [4.69, 9.17) is 4.74 Å². The van der Waals surface area contributed by atoms with Crippen LogP contribution in [0.15, 0.2) is 36.4 Å². The first kappa shape index (κ1) is 16.1. The minimum atomic E-state index is -0.0702. The maximum Gasteiger partial charge on any atom is 0.251 e. The number of amides is 1. The van der Waals surface area contributed by atoms with Gasteiger partial charge in [-0.15, -0.1) is 0 Å². The highest BCUT2D eigenvalue weighted by Crippen LogP contribution is 2.21. The van der Waals surface area contributed by atoms with Crippen LogP contribution in [0, 0.1) is 20.8 Å². The molecule has 0 aliphatic carbocycles. The molecule has 0 saturated carbocycles. The second-order valence-corrected chi connectivity index (χ2v) is 5.74. The number of hydrogen-bond acceptors (Lipinski definition) is 2. The summed E-state index contributed by atoms with van der Waals surface area (Å²) in [5.41, 5.74) is 5.13. The molecule has 0 bridgehead atoms. The van der Waals surface area contributed by atoms with Gasteiger partial charge in [0.25, 0.3) is 5.91 Å². The van der Waals surface area contributed by atoms with Crippen LogP contribution in [0.25, 0.3) is 0 Å². The lowest BCUT2D eigenvalue weighted by atomic mass is 9.99. The first-order valence-corrected chi connectivity index (χ1v) is 7.45. The maximum atomic E-state index is 12.4. The van der Waals surface area contributed by atoms with Crippen LogP contribution in [-0.4, -0.2) is 13.0 Å². The standard InChI is InChI=1S/C19H23NO2/c1-12-6-7-13(2)17(10-12)15(4)20-19(21)16-8-9-18(22-5)14(3)11-16/h6-11,15H,1-5H3,(H,20,21)/t15-/m1/s1. The molecular formula is C19H23NO2. The van der Waals surface area contributed by atoms with E-state index in [9.17, 15) is 4.79 Å². The van der Waals surface area contributed by atoms with Gasteiger partial charge in [-0.1, -0.05) is 23.8 Å². The third-order valence-electron chi connectivity index (χ3n) is 3.91. The van der Waals surface area contributed by atoms with Gasteiger partial charge in [0.05, 0.1) is 13.2 Å². The highest BCUT2D eigenvalue weighted by atomic mass is 16.5. The van der Waals surface area contributed by atoms with Gasteiger partial charge in [0, 0.05) is 5.56 Å². The Hall–Kier alpha value is -2.29. The van der Waals surface area contributed by atoms with E-state index in [1.54, 1.807) is 13.2 Å². The van der Waals surface area contributed by atoms with Gasteiger partial charge in [0.15, 0.2) is 0 Å². The molecule has 1 amide bonds. The minimum absolute atomic E-state index is 0.0326. The van der Waals surface area contributed by atoms with Crippen LogP contribution in [0.2, 0.25) is 0 Å². The summed E-state index contributed by atoms with van der Waals surface area (Å²) in [7, 11) is 1.63. The van der Waals surface area contributed by atoms with E-state index in [2.05, 4.69) is 37.4 Å². The zero-order valence-corrected chi connectivity index (χ0v) is 13.9. The number of aryl methyl sites for hydroxylation is 3. The Bertz CT molecular complexity index is 692. The number of ether oxygens (including phenoxy) is 1. The van der Waals surface area contributed by atoms with E-state index in [0.717, 1.165) is 16.9 Å². The van der Waals surface area contributed by atoms with Gasteiger partial charge in [-0.05, 0) is 62.6 Å². The number of nitrogens with one attached hydrogen (secondary N) is 1. The van der Waals surface area contributed by atoms with Crippen LogP contribution in [0.4, 0.5) is 0 Å². The summed E-state index contributed by atoms with van der Waals surface area (Å²) in [6.45, 7) is 8.07. The van der Waals surface area contributed by atoms with Crippen molar-refractivity contribution in [1.82, 2.24) is 5.32 Å². The van der Waals surface area contributed by atoms with Crippen LogP contribution in [0.3, 0.4) is 0 Å². The summed E-state index contributed by atoms with van der Waals surface area (Å²) in [5.74, 6) is 0.721. The Morgan fingerprint density at radius 2 is 1.77 bits per heavy atom. The van der Waals surface area contributed by atoms with Crippen molar-refractivity contribution in [1.29, 1.82) is 0 Å². The number of methoxy groups -OCH3 is 1. The molecule has 116 valence electrons. The number of carbonyl (C=O) groups excluding carboxylic acids is 1. The normalized spacial score (nSPS) is 11.9.